The lowest BCUT2D eigenvalue weighted by Gasteiger charge is -2.46. The van der Waals surface area contributed by atoms with E-state index in [2.05, 4.69) is 14.4 Å². The summed E-state index contributed by atoms with van der Waals surface area (Å²) in [6, 6.07) is 10.6. The number of methoxy groups -OCH3 is 1. The van der Waals surface area contributed by atoms with Crippen molar-refractivity contribution in [3.8, 4) is 16.9 Å². The number of nitrogens with zero attached hydrogens (tertiary/aromatic N) is 3. The third-order valence-corrected chi connectivity index (χ3v) is 7.96. The van der Waals surface area contributed by atoms with Gasteiger partial charge in [0.2, 0.25) is 0 Å². The third kappa shape index (κ3) is 5.06. The second-order valence-electron chi connectivity index (χ2n) is 8.78. The number of carbonyl (C=O) groups excluding carboxylic acids is 1. The number of carbonyl (C=O) groups is 1. The Hall–Kier alpha value is -3.62. The van der Waals surface area contributed by atoms with Gasteiger partial charge in [-0.25, -0.2) is 0 Å². The number of benzene rings is 2. The van der Waals surface area contributed by atoms with Crippen LogP contribution in [0.15, 0.2) is 59.3 Å². The zero-order valence-electron chi connectivity index (χ0n) is 20.0. The van der Waals surface area contributed by atoms with Crippen LogP contribution in [0.1, 0.15) is 12.0 Å². The Morgan fingerprint density at radius 3 is 2.63 bits per heavy atom. The van der Waals surface area contributed by atoms with Crippen molar-refractivity contribution < 1.29 is 40.4 Å². The van der Waals surface area contributed by atoms with E-state index < -0.39 is 34.1 Å². The minimum absolute atomic E-state index is 0.00767. The van der Waals surface area contributed by atoms with Gasteiger partial charge in [0.05, 0.1) is 30.5 Å². The molecule has 10 nitrogen and oxygen atoms in total. The number of ether oxygens (including phenoxy) is 2. The highest BCUT2D eigenvalue weighted by atomic mass is 32.2. The van der Waals surface area contributed by atoms with Gasteiger partial charge in [-0.3, -0.25) is 9.52 Å². The van der Waals surface area contributed by atoms with Gasteiger partial charge in [-0.15, -0.1) is 0 Å². The Morgan fingerprint density at radius 2 is 1.92 bits per heavy atom. The molecule has 0 bridgehead atoms. The molecule has 2 atom stereocenters. The van der Waals surface area contributed by atoms with E-state index in [1.165, 1.54) is 34.7 Å². The Bertz CT molecular complexity index is 1430. The number of rotatable bonds is 6. The Balaban J connectivity index is 1.40. The molecule has 2 aliphatic heterocycles. The Morgan fingerprint density at radius 1 is 1.13 bits per heavy atom. The molecule has 2 fully saturated rings. The molecule has 1 amide bonds. The molecule has 0 aliphatic carbocycles. The average Bonchev–Trinajstić information content (AvgIpc) is 3.40. The molecule has 3 heterocycles. The zero-order valence-corrected chi connectivity index (χ0v) is 20.8. The van der Waals surface area contributed by atoms with Crippen LogP contribution < -0.4 is 14.4 Å². The van der Waals surface area contributed by atoms with E-state index in [0.717, 1.165) is 12.1 Å². The van der Waals surface area contributed by atoms with Crippen molar-refractivity contribution in [2.75, 3.05) is 36.4 Å². The van der Waals surface area contributed by atoms with Gasteiger partial charge in [-0.2, -0.15) is 25.9 Å². The van der Waals surface area contributed by atoms with E-state index in [9.17, 15) is 26.4 Å². The van der Waals surface area contributed by atoms with E-state index >= 15 is 0 Å². The van der Waals surface area contributed by atoms with Crippen molar-refractivity contribution in [3.05, 3.63) is 60.4 Å². The predicted molar refractivity (Wildman–Crippen MR) is 130 cm³/mol. The normalized spacial score (nSPS) is 20.7. The van der Waals surface area contributed by atoms with Crippen LogP contribution in [0.3, 0.4) is 0 Å². The number of hydrogen-bond donors (Lipinski definition) is 1. The van der Waals surface area contributed by atoms with Crippen molar-refractivity contribution in [3.63, 3.8) is 0 Å². The zero-order chi connectivity index (χ0) is 27.1. The van der Waals surface area contributed by atoms with Gasteiger partial charge < -0.3 is 18.9 Å². The second kappa shape index (κ2) is 9.93. The molecule has 1 N–H and O–H groups in total. The molecule has 202 valence electrons. The summed E-state index contributed by atoms with van der Waals surface area (Å²) < 4.78 is 84.7. The number of fused-ring (bicyclic) bond motifs is 1. The molecule has 5 rings (SSSR count). The fraction of sp³-hybridized carbons (Fsp3) is 0.333. The van der Waals surface area contributed by atoms with Gasteiger partial charge in [-0.1, -0.05) is 23.4 Å². The summed E-state index contributed by atoms with van der Waals surface area (Å²) in [6.07, 6.45) is -3.59. The number of amides is 1. The fourth-order valence-corrected chi connectivity index (χ4v) is 5.88. The molecule has 0 spiro atoms. The molecule has 2 aliphatic rings. The van der Waals surface area contributed by atoms with Gasteiger partial charge >= 0.3 is 16.4 Å². The summed E-state index contributed by atoms with van der Waals surface area (Å²) in [5.41, 5.74) is 0.468. The Kier molecular flexibility index (Phi) is 6.79. The van der Waals surface area contributed by atoms with Gasteiger partial charge in [-0.05, 0) is 41.8 Å². The molecular formula is C24H23F3N4O6S. The van der Waals surface area contributed by atoms with Crippen molar-refractivity contribution >= 4 is 27.6 Å². The van der Waals surface area contributed by atoms with Gasteiger partial charge in [0, 0.05) is 19.2 Å². The van der Waals surface area contributed by atoms with Crippen molar-refractivity contribution in [1.29, 1.82) is 0 Å². The largest absolute Gasteiger partial charge is 0.495 e. The first-order valence-corrected chi connectivity index (χ1v) is 13.0. The van der Waals surface area contributed by atoms with E-state index in [-0.39, 0.29) is 43.6 Å². The van der Waals surface area contributed by atoms with Crippen LogP contribution in [-0.4, -0.2) is 62.7 Å². The van der Waals surface area contributed by atoms with Crippen LogP contribution in [-0.2, 0) is 25.9 Å². The molecule has 3 aromatic rings. The van der Waals surface area contributed by atoms with Crippen LogP contribution in [0.25, 0.3) is 11.1 Å². The number of morpholine rings is 1. The van der Waals surface area contributed by atoms with E-state index in [0.29, 0.717) is 16.8 Å². The minimum atomic E-state index is -4.48. The standard InChI is InChI=1S/C24H23F3N4O6S/c1-35-20-12-16(15-3-2-4-17(11-15)24(25,26)27)5-6-18(20)31-19-7-9-30(13-21(19)36-14-23(31)32)38(33,34)29-22-8-10-37-28-22/h2-6,8,10-12,19,21H,7,9,13-14H2,1H3,(H,28,29). The quantitative estimate of drug-likeness (QED) is 0.498. The van der Waals surface area contributed by atoms with Crippen LogP contribution in [0, 0.1) is 0 Å². The molecular weight excluding hydrogens is 529 g/mol. The average molecular weight is 553 g/mol. The van der Waals surface area contributed by atoms with Gasteiger partial charge in [0.1, 0.15) is 18.6 Å². The maximum atomic E-state index is 13.2. The number of aromatic nitrogens is 1. The number of alkyl halides is 3. The molecule has 0 radical (unpaired) electrons. The van der Waals surface area contributed by atoms with Crippen LogP contribution in [0.2, 0.25) is 0 Å². The topological polar surface area (TPSA) is 114 Å². The molecule has 2 aromatic carbocycles. The van der Waals surface area contributed by atoms with E-state index in [1.54, 1.807) is 24.3 Å². The van der Waals surface area contributed by atoms with Crippen LogP contribution in [0.5, 0.6) is 5.75 Å². The molecule has 2 unspecified atom stereocenters. The first kappa shape index (κ1) is 26.0. The number of piperidine rings is 1. The highest BCUT2D eigenvalue weighted by Gasteiger charge is 2.44. The molecule has 1 aromatic heterocycles. The summed E-state index contributed by atoms with van der Waals surface area (Å²) in [4.78, 5) is 14.5. The number of nitrogens with one attached hydrogen (secondary N) is 1. The molecule has 14 heteroatoms. The lowest BCUT2D eigenvalue weighted by Crippen LogP contribution is -2.62. The van der Waals surface area contributed by atoms with Gasteiger partial charge in [0.25, 0.3) is 5.91 Å². The fourth-order valence-electron chi connectivity index (χ4n) is 4.69. The lowest BCUT2D eigenvalue weighted by molar-refractivity contribution is -0.137. The summed E-state index contributed by atoms with van der Waals surface area (Å²) >= 11 is 0. The molecule has 0 saturated carbocycles. The van der Waals surface area contributed by atoms with Crippen molar-refractivity contribution in [2.45, 2.75) is 24.7 Å². The highest BCUT2D eigenvalue weighted by Crippen LogP contribution is 2.39. The molecule has 2 saturated heterocycles. The minimum Gasteiger partial charge on any atom is -0.495 e. The smallest absolute Gasteiger partial charge is 0.416 e. The monoisotopic (exact) mass is 552 g/mol. The second-order valence-corrected chi connectivity index (χ2v) is 10.5. The van der Waals surface area contributed by atoms with Crippen molar-refractivity contribution in [1.82, 2.24) is 9.46 Å². The first-order valence-electron chi connectivity index (χ1n) is 11.5. The predicted octanol–water partition coefficient (Wildman–Crippen LogP) is 3.53. The van der Waals surface area contributed by atoms with E-state index in [1.807, 2.05) is 0 Å². The Labute approximate surface area is 216 Å². The summed E-state index contributed by atoms with van der Waals surface area (Å²) in [5, 5.41) is 3.56. The number of anilines is 2. The summed E-state index contributed by atoms with van der Waals surface area (Å²) in [7, 11) is -2.54. The summed E-state index contributed by atoms with van der Waals surface area (Å²) in [6.45, 7) is -0.178. The SMILES string of the molecule is COc1cc(-c2cccc(C(F)(F)F)c2)ccc1N1C(=O)COC2CN(S(=O)(=O)Nc3ccon3)CCC21. The summed E-state index contributed by atoms with van der Waals surface area (Å²) in [5.74, 6) is -0.0100. The maximum absolute atomic E-state index is 13.2. The molecule has 38 heavy (non-hydrogen) atoms. The van der Waals surface area contributed by atoms with Crippen molar-refractivity contribution in [2.24, 2.45) is 0 Å². The van der Waals surface area contributed by atoms with Gasteiger partial charge in [0.15, 0.2) is 5.82 Å². The third-order valence-electron chi connectivity index (χ3n) is 6.48. The van der Waals surface area contributed by atoms with E-state index in [4.69, 9.17) is 9.47 Å². The first-order chi connectivity index (χ1) is 18.1. The maximum Gasteiger partial charge on any atom is 0.416 e. The van der Waals surface area contributed by atoms with Crippen LogP contribution >= 0.6 is 0 Å². The van der Waals surface area contributed by atoms with Crippen LogP contribution in [0.4, 0.5) is 24.7 Å². The highest BCUT2D eigenvalue weighted by molar-refractivity contribution is 7.90. The lowest BCUT2D eigenvalue weighted by atomic mass is 9.97. The number of hydrogen-bond acceptors (Lipinski definition) is 7. The number of halogens is 3.